The van der Waals surface area contributed by atoms with Crippen molar-refractivity contribution in [3.63, 3.8) is 0 Å². The number of furan rings is 2. The molecule has 0 aliphatic rings. The van der Waals surface area contributed by atoms with Crippen LogP contribution in [0.25, 0.3) is 0 Å². The fourth-order valence-corrected chi connectivity index (χ4v) is 2.69. The summed E-state index contributed by atoms with van der Waals surface area (Å²) in [5.41, 5.74) is 0.844. The van der Waals surface area contributed by atoms with E-state index >= 15 is 0 Å². The van der Waals surface area contributed by atoms with E-state index in [1.165, 1.54) is 0 Å². The highest BCUT2D eigenvalue weighted by molar-refractivity contribution is 5.79. The quantitative estimate of drug-likeness (QED) is 0.617. The Labute approximate surface area is 151 Å². The summed E-state index contributed by atoms with van der Waals surface area (Å²) in [7, 11) is 3.15. The minimum atomic E-state index is -0.0370. The van der Waals surface area contributed by atoms with Crippen molar-refractivity contribution < 1.29 is 23.1 Å². The minimum absolute atomic E-state index is 0.0370. The van der Waals surface area contributed by atoms with E-state index in [2.05, 4.69) is 0 Å². The van der Waals surface area contributed by atoms with Crippen LogP contribution in [0.2, 0.25) is 0 Å². The Hall–Kier alpha value is -3.15. The summed E-state index contributed by atoms with van der Waals surface area (Å²) in [6.07, 6.45) is 3.43. The molecule has 1 aromatic carbocycles. The molecule has 6 heteroatoms. The molecular weight excluding hydrogens is 334 g/mol. The lowest BCUT2D eigenvalue weighted by Gasteiger charge is -2.21. The highest BCUT2D eigenvalue weighted by atomic mass is 16.5. The van der Waals surface area contributed by atoms with E-state index in [4.69, 9.17) is 18.3 Å². The van der Waals surface area contributed by atoms with Crippen molar-refractivity contribution in [2.24, 2.45) is 0 Å². The van der Waals surface area contributed by atoms with Gasteiger partial charge in [0.2, 0.25) is 5.91 Å². The first-order chi connectivity index (χ1) is 12.7. The van der Waals surface area contributed by atoms with Crippen molar-refractivity contribution in [3.05, 3.63) is 72.1 Å². The second kappa shape index (κ2) is 8.29. The Kier molecular flexibility index (Phi) is 5.63. The predicted molar refractivity (Wildman–Crippen MR) is 94.9 cm³/mol. The van der Waals surface area contributed by atoms with Crippen molar-refractivity contribution in [1.29, 1.82) is 0 Å². The summed E-state index contributed by atoms with van der Waals surface area (Å²) >= 11 is 0. The molecule has 0 N–H and O–H groups in total. The maximum Gasteiger partial charge on any atom is 0.227 e. The number of carbonyl (C=O) groups is 1. The molecule has 0 unspecified atom stereocenters. The number of rotatable bonds is 8. The largest absolute Gasteiger partial charge is 0.493 e. The van der Waals surface area contributed by atoms with Gasteiger partial charge in [0.1, 0.15) is 11.5 Å². The Bertz CT molecular complexity index is 788. The van der Waals surface area contributed by atoms with Gasteiger partial charge in [-0.25, -0.2) is 0 Å². The molecule has 0 aliphatic heterocycles. The first-order valence-corrected chi connectivity index (χ1v) is 8.23. The molecule has 0 radical (unpaired) electrons. The molecule has 26 heavy (non-hydrogen) atoms. The van der Waals surface area contributed by atoms with Gasteiger partial charge in [0.15, 0.2) is 11.5 Å². The molecule has 3 aromatic rings. The summed E-state index contributed by atoms with van der Waals surface area (Å²) in [4.78, 5) is 14.6. The van der Waals surface area contributed by atoms with Crippen LogP contribution in [0, 0.1) is 0 Å². The molecule has 0 aliphatic carbocycles. The number of carbonyl (C=O) groups excluding carboxylic acids is 1. The average Bonchev–Trinajstić information content (AvgIpc) is 3.35. The minimum Gasteiger partial charge on any atom is -0.493 e. The smallest absolute Gasteiger partial charge is 0.227 e. The van der Waals surface area contributed by atoms with E-state index in [1.54, 1.807) is 49.8 Å². The van der Waals surface area contributed by atoms with Crippen molar-refractivity contribution in [1.82, 2.24) is 4.90 Å². The third-order valence-corrected chi connectivity index (χ3v) is 4.01. The summed E-state index contributed by atoms with van der Waals surface area (Å²) in [5.74, 6) is 2.63. The van der Waals surface area contributed by atoms with Gasteiger partial charge in [-0.15, -0.1) is 0 Å². The van der Waals surface area contributed by atoms with Gasteiger partial charge >= 0.3 is 0 Å². The summed E-state index contributed by atoms with van der Waals surface area (Å²) < 4.78 is 21.3. The molecule has 2 heterocycles. The van der Waals surface area contributed by atoms with Gasteiger partial charge in [0.25, 0.3) is 0 Å². The Morgan fingerprint density at radius 1 is 0.923 bits per heavy atom. The van der Waals surface area contributed by atoms with Gasteiger partial charge in [-0.1, -0.05) is 6.07 Å². The van der Waals surface area contributed by atoms with Gasteiger partial charge in [-0.3, -0.25) is 4.79 Å². The molecule has 1 amide bonds. The third kappa shape index (κ3) is 4.27. The van der Waals surface area contributed by atoms with Crippen molar-refractivity contribution in [2.45, 2.75) is 19.5 Å². The van der Waals surface area contributed by atoms with Crippen LogP contribution in [0.15, 0.2) is 63.8 Å². The normalized spacial score (nSPS) is 10.5. The number of methoxy groups -OCH3 is 2. The fourth-order valence-electron chi connectivity index (χ4n) is 2.69. The molecule has 0 atom stereocenters. The fraction of sp³-hybridized carbons (Fsp3) is 0.250. The Morgan fingerprint density at radius 2 is 1.54 bits per heavy atom. The van der Waals surface area contributed by atoms with E-state index in [-0.39, 0.29) is 12.3 Å². The van der Waals surface area contributed by atoms with Crippen LogP contribution in [-0.4, -0.2) is 25.0 Å². The summed E-state index contributed by atoms with van der Waals surface area (Å²) in [6.45, 7) is 0.750. The monoisotopic (exact) mass is 355 g/mol. The van der Waals surface area contributed by atoms with E-state index in [0.29, 0.717) is 24.6 Å². The van der Waals surface area contributed by atoms with Crippen LogP contribution in [-0.2, 0) is 24.3 Å². The second-order valence-electron chi connectivity index (χ2n) is 5.77. The molecule has 136 valence electrons. The van der Waals surface area contributed by atoms with E-state index in [0.717, 1.165) is 17.1 Å². The predicted octanol–water partition coefficient (Wildman–Crippen LogP) is 3.66. The molecule has 6 nitrogen and oxygen atoms in total. The van der Waals surface area contributed by atoms with Crippen LogP contribution in [0.3, 0.4) is 0 Å². The molecule has 3 rings (SSSR count). The second-order valence-corrected chi connectivity index (χ2v) is 5.77. The molecule has 0 spiro atoms. The zero-order valence-corrected chi connectivity index (χ0v) is 14.8. The van der Waals surface area contributed by atoms with Crippen molar-refractivity contribution in [2.75, 3.05) is 14.2 Å². The maximum absolute atomic E-state index is 12.9. The van der Waals surface area contributed by atoms with Crippen LogP contribution in [0.4, 0.5) is 0 Å². The van der Waals surface area contributed by atoms with Crippen molar-refractivity contribution >= 4 is 5.91 Å². The SMILES string of the molecule is COc1ccc(CC(=O)N(Cc2ccco2)Cc2ccco2)cc1OC. The number of hydrogen-bond donors (Lipinski definition) is 0. The molecule has 0 saturated carbocycles. The summed E-state index contributed by atoms with van der Waals surface area (Å²) in [6, 6.07) is 12.8. The van der Waals surface area contributed by atoms with E-state index < -0.39 is 0 Å². The first-order valence-electron chi connectivity index (χ1n) is 8.23. The topological polar surface area (TPSA) is 65.0 Å². The van der Waals surface area contributed by atoms with Gasteiger partial charge in [-0.2, -0.15) is 0 Å². The molecule has 0 saturated heterocycles. The number of amides is 1. The lowest BCUT2D eigenvalue weighted by Crippen LogP contribution is -2.31. The van der Waals surface area contributed by atoms with Gasteiger partial charge in [0, 0.05) is 0 Å². The summed E-state index contributed by atoms with van der Waals surface area (Å²) in [5, 5.41) is 0. The molecule has 0 bridgehead atoms. The highest BCUT2D eigenvalue weighted by Crippen LogP contribution is 2.28. The number of nitrogens with zero attached hydrogens (tertiary/aromatic N) is 1. The van der Waals surface area contributed by atoms with Crippen LogP contribution >= 0.6 is 0 Å². The van der Waals surface area contributed by atoms with Crippen LogP contribution in [0.5, 0.6) is 11.5 Å². The van der Waals surface area contributed by atoms with Crippen LogP contribution < -0.4 is 9.47 Å². The molecule has 0 fully saturated rings. The zero-order valence-electron chi connectivity index (χ0n) is 14.8. The maximum atomic E-state index is 12.9. The van der Waals surface area contributed by atoms with Gasteiger partial charge in [0.05, 0.1) is 46.3 Å². The van der Waals surface area contributed by atoms with Gasteiger partial charge in [-0.05, 0) is 42.0 Å². The molecule has 2 aromatic heterocycles. The Balaban J connectivity index is 1.76. The van der Waals surface area contributed by atoms with E-state index in [1.807, 2.05) is 24.3 Å². The first kappa shape index (κ1) is 17.7. The number of benzene rings is 1. The van der Waals surface area contributed by atoms with Gasteiger partial charge < -0.3 is 23.2 Å². The standard InChI is InChI=1S/C20H21NO5/c1-23-18-8-7-15(11-19(18)24-2)12-20(22)21(13-16-5-3-9-25-16)14-17-6-4-10-26-17/h3-11H,12-14H2,1-2H3. The van der Waals surface area contributed by atoms with E-state index in [9.17, 15) is 4.79 Å². The number of ether oxygens (including phenoxy) is 2. The third-order valence-electron chi connectivity index (χ3n) is 4.01. The molecular formula is C20H21NO5. The van der Waals surface area contributed by atoms with Crippen molar-refractivity contribution in [3.8, 4) is 11.5 Å². The lowest BCUT2D eigenvalue weighted by molar-refractivity contribution is -0.132. The number of hydrogen-bond acceptors (Lipinski definition) is 5. The highest BCUT2D eigenvalue weighted by Gasteiger charge is 2.18. The zero-order chi connectivity index (χ0) is 18.4. The Morgan fingerprint density at radius 3 is 2.04 bits per heavy atom. The lowest BCUT2D eigenvalue weighted by atomic mass is 10.1. The van der Waals surface area contributed by atoms with Crippen LogP contribution in [0.1, 0.15) is 17.1 Å². The average molecular weight is 355 g/mol.